The van der Waals surface area contributed by atoms with Gasteiger partial charge < -0.3 is 14.6 Å². The van der Waals surface area contributed by atoms with Gasteiger partial charge in [0, 0.05) is 13.2 Å². The maximum absolute atomic E-state index is 13.3. The van der Waals surface area contributed by atoms with Gasteiger partial charge in [-0.3, -0.25) is 0 Å². The summed E-state index contributed by atoms with van der Waals surface area (Å²) in [4.78, 5) is 3.96. The zero-order chi connectivity index (χ0) is 14.8. The van der Waals surface area contributed by atoms with Crippen molar-refractivity contribution in [2.75, 3.05) is 19.7 Å². The predicted octanol–water partition coefficient (Wildman–Crippen LogP) is 2.35. The number of ether oxygens (including phenoxy) is 1. The molecule has 114 valence electrons. The van der Waals surface area contributed by atoms with E-state index < -0.39 is 17.7 Å². The topological polar surface area (TPSA) is 60.2 Å². The molecule has 0 amide bonds. The Bertz CT molecular complexity index is 441. The molecule has 1 aromatic rings. The maximum atomic E-state index is 13.3. The lowest BCUT2D eigenvalue weighted by Crippen LogP contribution is -2.44. The lowest BCUT2D eigenvalue weighted by atomic mass is 9.86. The first-order chi connectivity index (χ1) is 9.44. The van der Waals surface area contributed by atoms with Crippen molar-refractivity contribution in [3.8, 4) is 0 Å². The smallest absolute Gasteiger partial charge is 0.370 e. The second kappa shape index (κ2) is 5.69. The Hall–Kier alpha value is -1.15. The van der Waals surface area contributed by atoms with E-state index in [1.807, 2.05) is 13.8 Å². The van der Waals surface area contributed by atoms with Gasteiger partial charge in [-0.2, -0.15) is 18.2 Å². The summed E-state index contributed by atoms with van der Waals surface area (Å²) in [5.74, 6) is -0.192. The fourth-order valence-corrected chi connectivity index (χ4v) is 2.37. The normalized spacial score (nSPS) is 25.1. The van der Waals surface area contributed by atoms with Crippen molar-refractivity contribution in [1.82, 2.24) is 15.5 Å². The first-order valence-electron chi connectivity index (χ1n) is 6.67. The van der Waals surface area contributed by atoms with Gasteiger partial charge in [0.15, 0.2) is 5.41 Å². The van der Waals surface area contributed by atoms with E-state index in [0.29, 0.717) is 13.0 Å². The van der Waals surface area contributed by atoms with Crippen molar-refractivity contribution < 1.29 is 22.4 Å². The third-order valence-corrected chi connectivity index (χ3v) is 3.58. The molecule has 8 heteroatoms. The van der Waals surface area contributed by atoms with Gasteiger partial charge >= 0.3 is 6.18 Å². The molecule has 2 heterocycles. The summed E-state index contributed by atoms with van der Waals surface area (Å²) in [5.41, 5.74) is -2.08. The Kier molecular flexibility index (Phi) is 4.33. The summed E-state index contributed by atoms with van der Waals surface area (Å²) in [7, 11) is 0. The molecule has 0 saturated carbocycles. The molecule has 1 aromatic heterocycles. The van der Waals surface area contributed by atoms with Crippen molar-refractivity contribution in [1.29, 1.82) is 0 Å². The second-order valence-corrected chi connectivity index (χ2v) is 4.82. The Morgan fingerprint density at radius 2 is 2.20 bits per heavy atom. The molecule has 2 atom stereocenters. The van der Waals surface area contributed by atoms with E-state index in [4.69, 9.17) is 9.26 Å². The highest BCUT2D eigenvalue weighted by molar-refractivity contribution is 5.14. The van der Waals surface area contributed by atoms with Crippen LogP contribution >= 0.6 is 0 Å². The van der Waals surface area contributed by atoms with E-state index in [0.717, 1.165) is 0 Å². The van der Waals surface area contributed by atoms with Gasteiger partial charge in [0.1, 0.15) is 6.10 Å². The molecule has 1 fully saturated rings. The Balaban J connectivity index is 2.30. The zero-order valence-electron chi connectivity index (χ0n) is 11.5. The molecule has 20 heavy (non-hydrogen) atoms. The van der Waals surface area contributed by atoms with E-state index in [2.05, 4.69) is 15.5 Å². The van der Waals surface area contributed by atoms with Crippen LogP contribution in [0.25, 0.3) is 0 Å². The highest BCUT2D eigenvalue weighted by atomic mass is 19.4. The number of rotatable bonds is 5. The lowest BCUT2D eigenvalue weighted by Gasteiger charge is -2.26. The minimum Gasteiger partial charge on any atom is -0.370 e. The van der Waals surface area contributed by atoms with Crippen LogP contribution in [0, 0.1) is 0 Å². The average Bonchev–Trinajstić information content (AvgIpc) is 3.03. The van der Waals surface area contributed by atoms with Crippen LogP contribution in [-0.2, 0) is 10.2 Å². The number of hydrogen-bond donors (Lipinski definition) is 1. The van der Waals surface area contributed by atoms with Gasteiger partial charge in [-0.1, -0.05) is 12.1 Å². The number of nitrogens with one attached hydrogen (secondary N) is 1. The number of aromatic nitrogens is 2. The van der Waals surface area contributed by atoms with Gasteiger partial charge in [-0.15, -0.1) is 0 Å². The molecule has 0 aromatic carbocycles. The Morgan fingerprint density at radius 1 is 1.45 bits per heavy atom. The summed E-state index contributed by atoms with van der Waals surface area (Å²) >= 11 is 0. The molecule has 1 aliphatic rings. The minimum absolute atomic E-state index is 0.0937. The Labute approximate surface area is 114 Å². The van der Waals surface area contributed by atoms with Gasteiger partial charge in [-0.05, 0) is 26.3 Å². The predicted molar refractivity (Wildman–Crippen MR) is 64.2 cm³/mol. The molecule has 0 spiro atoms. The van der Waals surface area contributed by atoms with Crippen LogP contribution in [0.4, 0.5) is 13.2 Å². The van der Waals surface area contributed by atoms with E-state index >= 15 is 0 Å². The van der Waals surface area contributed by atoms with E-state index in [9.17, 15) is 13.2 Å². The molecular weight excluding hydrogens is 275 g/mol. The number of alkyl halides is 3. The first-order valence-corrected chi connectivity index (χ1v) is 6.67. The quantitative estimate of drug-likeness (QED) is 0.903. The molecule has 1 N–H and O–H groups in total. The van der Waals surface area contributed by atoms with Gasteiger partial charge in [0.05, 0.1) is 0 Å². The molecule has 2 rings (SSSR count). The van der Waals surface area contributed by atoms with Crippen LogP contribution in [0.1, 0.15) is 44.5 Å². The van der Waals surface area contributed by atoms with Crippen LogP contribution in [0.2, 0.25) is 0 Å². The van der Waals surface area contributed by atoms with Gasteiger partial charge in [0.25, 0.3) is 0 Å². The van der Waals surface area contributed by atoms with Crippen molar-refractivity contribution in [3.63, 3.8) is 0 Å². The van der Waals surface area contributed by atoms with Crippen LogP contribution in [0.15, 0.2) is 4.52 Å². The van der Waals surface area contributed by atoms with Crippen molar-refractivity contribution in [2.24, 2.45) is 0 Å². The average molecular weight is 293 g/mol. The number of halogens is 3. The summed E-state index contributed by atoms with van der Waals surface area (Å²) in [6.07, 6.45) is -4.38. The third-order valence-electron chi connectivity index (χ3n) is 3.58. The van der Waals surface area contributed by atoms with Crippen LogP contribution in [0.5, 0.6) is 0 Å². The van der Waals surface area contributed by atoms with Crippen molar-refractivity contribution >= 4 is 0 Å². The Morgan fingerprint density at radius 3 is 2.70 bits per heavy atom. The third kappa shape index (κ3) is 2.54. The lowest BCUT2D eigenvalue weighted by molar-refractivity contribution is -0.191. The second-order valence-electron chi connectivity index (χ2n) is 4.82. The fourth-order valence-electron chi connectivity index (χ4n) is 2.37. The fraction of sp³-hybridized carbons (Fsp3) is 0.833. The van der Waals surface area contributed by atoms with Gasteiger partial charge in [0.2, 0.25) is 11.7 Å². The monoisotopic (exact) mass is 293 g/mol. The minimum atomic E-state index is -4.42. The highest BCUT2D eigenvalue weighted by Gasteiger charge is 2.61. The van der Waals surface area contributed by atoms with Crippen molar-refractivity contribution in [2.45, 2.75) is 44.4 Å². The highest BCUT2D eigenvalue weighted by Crippen LogP contribution is 2.44. The van der Waals surface area contributed by atoms with Crippen molar-refractivity contribution in [3.05, 3.63) is 11.7 Å². The van der Waals surface area contributed by atoms with E-state index in [1.54, 1.807) is 0 Å². The summed E-state index contributed by atoms with van der Waals surface area (Å²) < 4.78 is 50.3. The molecule has 0 aliphatic carbocycles. The van der Waals surface area contributed by atoms with Crippen LogP contribution in [0.3, 0.4) is 0 Å². The molecule has 2 unspecified atom stereocenters. The molecular formula is C12H18F3N3O2. The SMILES string of the molecule is CCOC(CC)c1noc(C2(C(F)(F)F)CCNC2)n1. The van der Waals surface area contributed by atoms with Crippen LogP contribution in [-0.4, -0.2) is 36.0 Å². The van der Waals surface area contributed by atoms with Gasteiger partial charge in [-0.25, -0.2) is 0 Å². The van der Waals surface area contributed by atoms with Crippen LogP contribution < -0.4 is 5.32 Å². The zero-order valence-corrected chi connectivity index (χ0v) is 11.5. The molecule has 0 bridgehead atoms. The summed E-state index contributed by atoms with van der Waals surface area (Å²) in [6.45, 7) is 4.15. The standard InChI is InChI=1S/C12H18F3N3O2/c1-3-8(19-4-2)9-17-10(20-18-9)11(12(13,14)15)5-6-16-7-11/h8,16H,3-7H2,1-2H3. The number of hydrogen-bond acceptors (Lipinski definition) is 5. The first kappa shape index (κ1) is 15.2. The van der Waals surface area contributed by atoms with E-state index in [-0.39, 0.29) is 31.2 Å². The maximum Gasteiger partial charge on any atom is 0.404 e. The van der Waals surface area contributed by atoms with E-state index in [1.165, 1.54) is 0 Å². The number of nitrogens with zero attached hydrogens (tertiary/aromatic N) is 2. The largest absolute Gasteiger partial charge is 0.404 e. The summed E-state index contributed by atoms with van der Waals surface area (Å²) in [6, 6.07) is 0. The molecule has 1 aliphatic heterocycles. The summed E-state index contributed by atoms with van der Waals surface area (Å²) in [5, 5.41) is 6.39. The molecule has 0 radical (unpaired) electrons. The molecule has 5 nitrogen and oxygen atoms in total. The molecule has 1 saturated heterocycles.